The molecule has 0 aliphatic carbocycles. The van der Waals surface area contributed by atoms with Crippen LogP contribution in [0.3, 0.4) is 0 Å². The summed E-state index contributed by atoms with van der Waals surface area (Å²) in [4.78, 5) is 18.0. The Hall–Kier alpha value is -2.68. The van der Waals surface area contributed by atoms with Crippen molar-refractivity contribution in [1.82, 2.24) is 9.80 Å². The van der Waals surface area contributed by atoms with E-state index in [0.29, 0.717) is 11.5 Å². The standard InChI is InChI=1S/C22H29N3O4.ClH.H2O/c1-23(2)22(26)29-20-9-8-17(14-21(20)28-4)16-24-10-12-25(13-11-24)18-6-5-7-19(15-18)27-3;;/h5-9,14-15H,10-13,16H2,1-4H3;1H;1H2. The first kappa shape index (κ1) is 26.4. The number of benzene rings is 2. The van der Waals surface area contributed by atoms with Gasteiger partial charge < -0.3 is 29.5 Å². The zero-order chi connectivity index (χ0) is 20.8. The van der Waals surface area contributed by atoms with Gasteiger partial charge in [-0.2, -0.15) is 0 Å². The number of piperazine rings is 1. The first-order chi connectivity index (χ1) is 14.0. The molecule has 2 aromatic carbocycles. The second-order valence-corrected chi connectivity index (χ2v) is 7.21. The third-order valence-corrected chi connectivity index (χ3v) is 4.99. The number of amides is 1. The molecule has 172 valence electrons. The van der Waals surface area contributed by atoms with Crippen molar-refractivity contribution in [3.05, 3.63) is 48.0 Å². The lowest BCUT2D eigenvalue weighted by Crippen LogP contribution is -2.45. The normalized spacial score (nSPS) is 13.5. The summed E-state index contributed by atoms with van der Waals surface area (Å²) in [7, 11) is 6.57. The lowest BCUT2D eigenvalue weighted by atomic mass is 10.1. The molecule has 3 rings (SSSR count). The highest BCUT2D eigenvalue weighted by Gasteiger charge is 2.19. The van der Waals surface area contributed by atoms with Crippen LogP contribution in [0, 0.1) is 0 Å². The maximum Gasteiger partial charge on any atom is 0.414 e. The van der Waals surface area contributed by atoms with E-state index in [1.807, 2.05) is 24.3 Å². The number of rotatable bonds is 6. The molecule has 1 fully saturated rings. The van der Waals surface area contributed by atoms with Crippen LogP contribution in [-0.4, -0.2) is 75.9 Å². The van der Waals surface area contributed by atoms with Gasteiger partial charge in [0.2, 0.25) is 0 Å². The quantitative estimate of drug-likeness (QED) is 0.668. The van der Waals surface area contributed by atoms with Crippen molar-refractivity contribution in [2.24, 2.45) is 0 Å². The number of carbonyl (C=O) groups excluding carboxylic acids is 1. The largest absolute Gasteiger partial charge is 0.497 e. The molecule has 1 aliphatic rings. The molecule has 0 aromatic heterocycles. The number of methoxy groups -OCH3 is 2. The fourth-order valence-electron chi connectivity index (χ4n) is 3.31. The van der Waals surface area contributed by atoms with Gasteiger partial charge in [-0.25, -0.2) is 4.79 Å². The first-order valence-corrected chi connectivity index (χ1v) is 9.67. The van der Waals surface area contributed by atoms with Crippen molar-refractivity contribution in [3.8, 4) is 17.2 Å². The maximum absolute atomic E-state index is 11.8. The van der Waals surface area contributed by atoms with E-state index >= 15 is 0 Å². The molecule has 0 bridgehead atoms. The highest BCUT2D eigenvalue weighted by molar-refractivity contribution is 5.85. The summed E-state index contributed by atoms with van der Waals surface area (Å²) in [5.74, 6) is 1.87. The van der Waals surface area contributed by atoms with Crippen LogP contribution in [0.1, 0.15) is 5.56 Å². The summed E-state index contributed by atoms with van der Waals surface area (Å²) in [6.45, 7) is 4.68. The number of hydrogen-bond donors (Lipinski definition) is 0. The van der Waals surface area contributed by atoms with Crippen LogP contribution in [0.2, 0.25) is 0 Å². The summed E-state index contributed by atoms with van der Waals surface area (Å²) in [6.07, 6.45) is -0.426. The second kappa shape index (κ2) is 12.2. The zero-order valence-corrected chi connectivity index (χ0v) is 19.3. The Balaban J connectivity index is 0.00000240. The van der Waals surface area contributed by atoms with Crippen molar-refractivity contribution >= 4 is 24.2 Å². The molecule has 9 heteroatoms. The lowest BCUT2D eigenvalue weighted by Gasteiger charge is -2.36. The molecule has 1 saturated heterocycles. The fourth-order valence-corrected chi connectivity index (χ4v) is 3.31. The number of anilines is 1. The summed E-state index contributed by atoms with van der Waals surface area (Å²) in [6, 6.07) is 13.9. The molecule has 2 aromatic rings. The third-order valence-electron chi connectivity index (χ3n) is 4.99. The highest BCUT2D eigenvalue weighted by atomic mass is 35.5. The molecule has 0 radical (unpaired) electrons. The molecule has 1 amide bonds. The Morgan fingerprint density at radius 2 is 1.68 bits per heavy atom. The minimum atomic E-state index is -0.426. The van der Waals surface area contributed by atoms with Crippen molar-refractivity contribution < 1.29 is 24.5 Å². The lowest BCUT2D eigenvalue weighted by molar-refractivity contribution is 0.170. The SMILES string of the molecule is COc1cccc(N2CCN(Cc3ccc(OC(=O)N(C)C)c(OC)c3)CC2)c1.Cl.O. The minimum absolute atomic E-state index is 0. The predicted octanol–water partition coefficient (Wildman–Crippen LogP) is 2.68. The van der Waals surface area contributed by atoms with Crippen LogP contribution < -0.4 is 19.1 Å². The van der Waals surface area contributed by atoms with Crippen LogP contribution in [0.4, 0.5) is 10.5 Å². The number of carbonyl (C=O) groups is 1. The van der Waals surface area contributed by atoms with Crippen molar-refractivity contribution in [1.29, 1.82) is 0 Å². The number of nitrogens with zero attached hydrogens (tertiary/aromatic N) is 3. The van der Waals surface area contributed by atoms with Crippen molar-refractivity contribution in [2.45, 2.75) is 6.54 Å². The van der Waals surface area contributed by atoms with Crippen molar-refractivity contribution in [3.63, 3.8) is 0 Å². The smallest absolute Gasteiger partial charge is 0.414 e. The maximum atomic E-state index is 11.8. The van der Waals surface area contributed by atoms with Gasteiger partial charge >= 0.3 is 6.09 Å². The topological polar surface area (TPSA) is 86.0 Å². The predicted molar refractivity (Wildman–Crippen MR) is 124 cm³/mol. The van der Waals surface area contributed by atoms with E-state index in [4.69, 9.17) is 14.2 Å². The van der Waals surface area contributed by atoms with Crippen molar-refractivity contribution in [2.75, 3.05) is 59.4 Å². The molecule has 0 saturated carbocycles. The Morgan fingerprint density at radius 1 is 0.968 bits per heavy atom. The average Bonchev–Trinajstić information content (AvgIpc) is 2.75. The molecule has 1 aliphatic heterocycles. The van der Waals surface area contributed by atoms with Gasteiger partial charge in [-0.1, -0.05) is 12.1 Å². The number of hydrogen-bond acceptors (Lipinski definition) is 6. The van der Waals surface area contributed by atoms with Crippen LogP contribution in [-0.2, 0) is 6.54 Å². The molecule has 0 atom stereocenters. The minimum Gasteiger partial charge on any atom is -0.497 e. The monoisotopic (exact) mass is 453 g/mol. The summed E-state index contributed by atoms with van der Waals surface area (Å²) < 4.78 is 16.1. The van der Waals surface area contributed by atoms with Gasteiger partial charge in [0, 0.05) is 58.6 Å². The van der Waals surface area contributed by atoms with E-state index < -0.39 is 6.09 Å². The van der Waals surface area contributed by atoms with Gasteiger partial charge in [-0.15, -0.1) is 12.4 Å². The molecule has 31 heavy (non-hydrogen) atoms. The van der Waals surface area contributed by atoms with Gasteiger partial charge in [0.25, 0.3) is 0 Å². The van der Waals surface area contributed by atoms with Gasteiger partial charge in [-0.05, 0) is 29.8 Å². The molecule has 0 unspecified atom stereocenters. The van der Waals surface area contributed by atoms with Crippen LogP contribution in [0.15, 0.2) is 42.5 Å². The second-order valence-electron chi connectivity index (χ2n) is 7.21. The molecule has 1 heterocycles. The Kier molecular flexibility index (Phi) is 10.4. The van der Waals surface area contributed by atoms with Gasteiger partial charge in [0.05, 0.1) is 14.2 Å². The number of halogens is 1. The summed E-state index contributed by atoms with van der Waals surface area (Å²) >= 11 is 0. The van der Waals surface area contributed by atoms with Crippen LogP contribution in [0.5, 0.6) is 17.2 Å². The molecular formula is C22H32ClN3O5. The molecular weight excluding hydrogens is 422 g/mol. The van der Waals surface area contributed by atoms with Gasteiger partial charge in [0.15, 0.2) is 11.5 Å². The van der Waals surface area contributed by atoms with E-state index in [0.717, 1.165) is 44.0 Å². The fraction of sp³-hybridized carbons (Fsp3) is 0.409. The third kappa shape index (κ3) is 6.92. The Labute approximate surface area is 190 Å². The number of ether oxygens (including phenoxy) is 3. The highest BCUT2D eigenvalue weighted by Crippen LogP contribution is 2.29. The van der Waals surface area contributed by atoms with E-state index in [-0.39, 0.29) is 17.9 Å². The molecule has 0 spiro atoms. The summed E-state index contributed by atoms with van der Waals surface area (Å²) in [5, 5.41) is 0. The van der Waals surface area contributed by atoms with E-state index in [1.165, 1.54) is 10.6 Å². The van der Waals surface area contributed by atoms with Crippen LogP contribution in [0.25, 0.3) is 0 Å². The Bertz CT molecular complexity index is 842. The van der Waals surface area contributed by atoms with Gasteiger partial charge in [-0.3, -0.25) is 4.90 Å². The van der Waals surface area contributed by atoms with E-state index in [1.54, 1.807) is 34.4 Å². The molecule has 8 nitrogen and oxygen atoms in total. The Morgan fingerprint density at radius 3 is 2.29 bits per heavy atom. The molecule has 2 N–H and O–H groups in total. The van der Waals surface area contributed by atoms with Gasteiger partial charge in [0.1, 0.15) is 5.75 Å². The zero-order valence-electron chi connectivity index (χ0n) is 18.5. The van der Waals surface area contributed by atoms with Crippen LogP contribution >= 0.6 is 12.4 Å². The first-order valence-electron chi connectivity index (χ1n) is 9.67. The summed E-state index contributed by atoms with van der Waals surface area (Å²) in [5.41, 5.74) is 2.32. The van der Waals surface area contributed by atoms with E-state index in [2.05, 4.69) is 21.9 Å². The van der Waals surface area contributed by atoms with E-state index in [9.17, 15) is 4.79 Å². The average molecular weight is 454 g/mol.